The van der Waals surface area contributed by atoms with E-state index in [4.69, 9.17) is 0 Å². The molecule has 0 fully saturated rings. The van der Waals surface area contributed by atoms with Gasteiger partial charge in [-0.1, -0.05) is 78.9 Å². The first-order valence-electron chi connectivity index (χ1n) is 9.57. The number of carbonyl (C=O) groups is 1. The lowest BCUT2D eigenvalue weighted by Crippen LogP contribution is -2.31. The maximum absolute atomic E-state index is 13.0. The van der Waals surface area contributed by atoms with Crippen LogP contribution >= 0.6 is 0 Å². The van der Waals surface area contributed by atoms with Crippen LogP contribution in [0.1, 0.15) is 24.1 Å². The Morgan fingerprint density at radius 2 is 1.41 bits per heavy atom. The maximum atomic E-state index is 13.0. The van der Waals surface area contributed by atoms with Crippen molar-refractivity contribution < 1.29 is 4.79 Å². The van der Waals surface area contributed by atoms with Gasteiger partial charge in [-0.25, -0.2) is 0 Å². The summed E-state index contributed by atoms with van der Waals surface area (Å²) in [6.07, 6.45) is 1.61. The highest BCUT2D eigenvalue weighted by Gasteiger charge is 2.19. The van der Waals surface area contributed by atoms with Gasteiger partial charge in [-0.2, -0.15) is 5.26 Å². The number of hydrogen-bond donors (Lipinski definition) is 1. The van der Waals surface area contributed by atoms with E-state index in [2.05, 4.69) is 11.4 Å². The van der Waals surface area contributed by atoms with Crippen molar-refractivity contribution in [1.82, 2.24) is 5.32 Å². The number of para-hydroxylation sites is 1. The first-order valence-corrected chi connectivity index (χ1v) is 9.57. The molecule has 144 valence electrons. The second-order valence-electron chi connectivity index (χ2n) is 6.50. The van der Waals surface area contributed by atoms with E-state index >= 15 is 0 Å². The van der Waals surface area contributed by atoms with Crippen LogP contribution in [0.2, 0.25) is 0 Å². The van der Waals surface area contributed by atoms with Gasteiger partial charge in [-0.15, -0.1) is 0 Å². The second kappa shape index (κ2) is 9.91. The van der Waals surface area contributed by atoms with Crippen molar-refractivity contribution in [3.63, 3.8) is 0 Å². The molecule has 0 bridgehead atoms. The van der Waals surface area contributed by atoms with Crippen LogP contribution in [0.3, 0.4) is 0 Å². The summed E-state index contributed by atoms with van der Waals surface area (Å²) in [6, 6.07) is 30.9. The quantitative estimate of drug-likeness (QED) is 0.471. The summed E-state index contributed by atoms with van der Waals surface area (Å²) in [7, 11) is 0. The normalized spacial score (nSPS) is 11.0. The summed E-state index contributed by atoms with van der Waals surface area (Å²) in [5, 5.41) is 12.7. The van der Waals surface area contributed by atoms with Crippen LogP contribution in [0.5, 0.6) is 0 Å². The lowest BCUT2D eigenvalue weighted by molar-refractivity contribution is -0.117. The van der Waals surface area contributed by atoms with E-state index in [1.807, 2.05) is 103 Å². The molecule has 0 spiro atoms. The van der Waals surface area contributed by atoms with Gasteiger partial charge >= 0.3 is 0 Å². The highest BCUT2D eigenvalue weighted by atomic mass is 16.1. The van der Waals surface area contributed by atoms with E-state index in [0.717, 1.165) is 16.8 Å². The third-order valence-corrected chi connectivity index (χ3v) is 4.62. The summed E-state index contributed by atoms with van der Waals surface area (Å²) < 4.78 is 0. The molecule has 4 heteroatoms. The van der Waals surface area contributed by atoms with Crippen LogP contribution < -0.4 is 10.2 Å². The van der Waals surface area contributed by atoms with Gasteiger partial charge in [0.25, 0.3) is 5.91 Å². The summed E-state index contributed by atoms with van der Waals surface area (Å²) in [4.78, 5) is 14.9. The number of nitriles is 1. The number of benzene rings is 3. The van der Waals surface area contributed by atoms with Crippen molar-refractivity contribution in [2.24, 2.45) is 0 Å². The molecule has 3 rings (SSSR count). The van der Waals surface area contributed by atoms with Crippen molar-refractivity contribution in [2.75, 3.05) is 11.4 Å². The van der Waals surface area contributed by atoms with E-state index in [9.17, 15) is 10.1 Å². The van der Waals surface area contributed by atoms with Crippen molar-refractivity contribution >= 4 is 11.6 Å². The van der Waals surface area contributed by atoms with Gasteiger partial charge < -0.3 is 10.2 Å². The minimum atomic E-state index is -0.403. The first-order chi connectivity index (χ1) is 14.2. The number of amides is 1. The lowest BCUT2D eigenvalue weighted by atomic mass is 9.98. The average molecular weight is 381 g/mol. The Balaban J connectivity index is 1.89. The molecule has 1 amide bonds. The smallest absolute Gasteiger partial charge is 0.264 e. The highest BCUT2D eigenvalue weighted by molar-refractivity contribution is 5.98. The molecular weight excluding hydrogens is 358 g/mol. The Labute approximate surface area is 171 Å². The molecule has 0 aliphatic heterocycles. The number of nitrogens with one attached hydrogen (secondary N) is 1. The maximum Gasteiger partial charge on any atom is 0.264 e. The first kappa shape index (κ1) is 19.9. The van der Waals surface area contributed by atoms with E-state index in [-0.39, 0.29) is 11.6 Å². The van der Waals surface area contributed by atoms with Crippen LogP contribution in [0.4, 0.5) is 5.69 Å². The number of carbonyl (C=O) groups excluding carboxylic acids is 1. The monoisotopic (exact) mass is 381 g/mol. The van der Waals surface area contributed by atoms with Crippen LogP contribution in [0, 0.1) is 11.3 Å². The molecule has 0 unspecified atom stereocenters. The Hall–Kier alpha value is -3.84. The van der Waals surface area contributed by atoms with E-state index < -0.39 is 5.91 Å². The standard InChI is InChI=1S/C25H23N3O/c1-2-28(23-16-10-5-11-17-23)19-22(18-26)25(29)27-24(20-12-6-3-7-13-20)21-14-8-4-9-15-21/h3-17,19,24H,2H2,1H3,(H,27,29)/b22-19-. The number of hydrogen-bond acceptors (Lipinski definition) is 3. The van der Waals surface area contributed by atoms with Gasteiger partial charge in [0, 0.05) is 18.4 Å². The van der Waals surface area contributed by atoms with E-state index in [1.54, 1.807) is 6.20 Å². The average Bonchev–Trinajstić information content (AvgIpc) is 2.80. The molecule has 0 aromatic heterocycles. The minimum absolute atomic E-state index is 0.0626. The number of anilines is 1. The molecule has 3 aromatic carbocycles. The van der Waals surface area contributed by atoms with Crippen LogP contribution in [0.15, 0.2) is 103 Å². The third kappa shape index (κ3) is 5.12. The Bertz CT molecular complexity index is 953. The van der Waals surface area contributed by atoms with E-state index in [0.29, 0.717) is 6.54 Å². The van der Waals surface area contributed by atoms with Gasteiger partial charge in [0.1, 0.15) is 11.6 Å². The molecule has 0 saturated heterocycles. The van der Waals surface area contributed by atoms with Crippen molar-refractivity contribution in [3.8, 4) is 6.07 Å². The zero-order chi connectivity index (χ0) is 20.5. The van der Waals surface area contributed by atoms with Gasteiger partial charge in [0.2, 0.25) is 0 Å². The second-order valence-corrected chi connectivity index (χ2v) is 6.50. The van der Waals surface area contributed by atoms with E-state index in [1.165, 1.54) is 0 Å². The topological polar surface area (TPSA) is 56.1 Å². The molecule has 0 radical (unpaired) electrons. The molecule has 4 nitrogen and oxygen atoms in total. The zero-order valence-electron chi connectivity index (χ0n) is 16.3. The molecular formula is C25H23N3O. The Morgan fingerprint density at radius 3 is 1.86 bits per heavy atom. The van der Waals surface area contributed by atoms with Crippen LogP contribution in [-0.4, -0.2) is 12.5 Å². The molecule has 0 heterocycles. The Kier molecular flexibility index (Phi) is 6.80. The minimum Gasteiger partial charge on any atom is -0.347 e. The predicted molar refractivity (Wildman–Crippen MR) is 116 cm³/mol. The lowest BCUT2D eigenvalue weighted by Gasteiger charge is -2.21. The summed E-state index contributed by atoms with van der Waals surface area (Å²) in [5.74, 6) is -0.403. The molecule has 0 atom stereocenters. The van der Waals surface area contributed by atoms with Crippen molar-refractivity contribution in [3.05, 3.63) is 114 Å². The van der Waals surface area contributed by atoms with Gasteiger partial charge in [0.05, 0.1) is 6.04 Å². The van der Waals surface area contributed by atoms with Crippen molar-refractivity contribution in [2.45, 2.75) is 13.0 Å². The molecule has 3 aromatic rings. The van der Waals surface area contributed by atoms with Gasteiger partial charge in [-0.05, 0) is 30.2 Å². The van der Waals surface area contributed by atoms with Crippen LogP contribution in [-0.2, 0) is 4.79 Å². The van der Waals surface area contributed by atoms with Crippen LogP contribution in [0.25, 0.3) is 0 Å². The third-order valence-electron chi connectivity index (χ3n) is 4.62. The molecule has 0 saturated carbocycles. The predicted octanol–water partition coefficient (Wildman–Crippen LogP) is 4.83. The Morgan fingerprint density at radius 1 is 0.931 bits per heavy atom. The summed E-state index contributed by atoms with van der Waals surface area (Å²) in [6.45, 7) is 2.62. The molecule has 0 aliphatic rings. The number of nitrogens with zero attached hydrogens (tertiary/aromatic N) is 2. The molecule has 29 heavy (non-hydrogen) atoms. The fourth-order valence-electron chi connectivity index (χ4n) is 3.12. The summed E-state index contributed by atoms with van der Waals surface area (Å²) in [5.41, 5.74) is 2.91. The zero-order valence-corrected chi connectivity index (χ0v) is 16.3. The largest absolute Gasteiger partial charge is 0.347 e. The van der Waals surface area contributed by atoms with Gasteiger partial charge in [-0.3, -0.25) is 4.79 Å². The fraction of sp³-hybridized carbons (Fsp3) is 0.120. The van der Waals surface area contributed by atoms with Gasteiger partial charge in [0.15, 0.2) is 0 Å². The SMILES string of the molecule is CCN(/C=C(/C#N)C(=O)NC(c1ccccc1)c1ccccc1)c1ccccc1. The number of rotatable bonds is 7. The molecule has 1 N–H and O–H groups in total. The van der Waals surface area contributed by atoms with Crippen molar-refractivity contribution in [1.29, 1.82) is 5.26 Å². The molecule has 0 aliphatic carbocycles. The highest BCUT2D eigenvalue weighted by Crippen LogP contribution is 2.22. The summed E-state index contributed by atoms with van der Waals surface area (Å²) >= 11 is 0. The fourth-order valence-corrected chi connectivity index (χ4v) is 3.12.